The van der Waals surface area contributed by atoms with Crippen molar-refractivity contribution in [3.05, 3.63) is 60.8 Å². The molecule has 0 aliphatic carbocycles. The molecule has 0 saturated heterocycles. The van der Waals surface area contributed by atoms with Crippen LogP contribution in [0.2, 0.25) is 10.0 Å². The Kier molecular flexibility index (Phi) is 6.40. The zero-order valence-corrected chi connectivity index (χ0v) is 17.9. The second-order valence-electron chi connectivity index (χ2n) is 5.80. The van der Waals surface area contributed by atoms with E-state index in [0.717, 1.165) is 16.4 Å². The second kappa shape index (κ2) is 8.80. The SMILES string of the molecule is COc1nn(CC(=O)Nc2nn(Cc3ccc(Cl)c(Cl)c3)cc2Br)cc1[N+](=O)[O-]. The highest BCUT2D eigenvalue weighted by Crippen LogP contribution is 2.26. The Bertz CT molecular complexity index is 1080. The van der Waals surface area contributed by atoms with Crippen LogP contribution >= 0.6 is 39.1 Å². The van der Waals surface area contributed by atoms with E-state index in [0.29, 0.717) is 26.9 Å². The molecular formula is C16H13BrCl2N6O4. The van der Waals surface area contributed by atoms with E-state index >= 15 is 0 Å². The molecule has 1 amide bonds. The van der Waals surface area contributed by atoms with Crippen LogP contribution in [0, 0.1) is 10.1 Å². The zero-order valence-electron chi connectivity index (χ0n) is 14.8. The van der Waals surface area contributed by atoms with E-state index in [9.17, 15) is 14.9 Å². The number of nitrogens with zero attached hydrogens (tertiary/aromatic N) is 5. The fourth-order valence-electron chi connectivity index (χ4n) is 2.45. The van der Waals surface area contributed by atoms with Crippen molar-refractivity contribution in [1.29, 1.82) is 0 Å². The van der Waals surface area contributed by atoms with Gasteiger partial charge in [-0.25, -0.2) is 0 Å². The summed E-state index contributed by atoms with van der Waals surface area (Å²) in [5, 5.41) is 22.6. The van der Waals surface area contributed by atoms with E-state index in [2.05, 4.69) is 31.4 Å². The number of ether oxygens (including phenoxy) is 1. The first-order valence-corrected chi connectivity index (χ1v) is 9.54. The van der Waals surface area contributed by atoms with E-state index in [-0.39, 0.29) is 18.1 Å². The number of methoxy groups -OCH3 is 1. The van der Waals surface area contributed by atoms with Crippen LogP contribution in [0.15, 0.2) is 35.1 Å². The van der Waals surface area contributed by atoms with Gasteiger partial charge in [0.15, 0.2) is 5.82 Å². The molecule has 1 N–H and O–H groups in total. The lowest BCUT2D eigenvalue weighted by Crippen LogP contribution is -2.19. The number of anilines is 1. The van der Waals surface area contributed by atoms with Crippen molar-refractivity contribution in [2.24, 2.45) is 0 Å². The van der Waals surface area contributed by atoms with Crippen molar-refractivity contribution in [2.75, 3.05) is 12.4 Å². The van der Waals surface area contributed by atoms with Gasteiger partial charge in [0.25, 0.3) is 0 Å². The molecular weight excluding hydrogens is 491 g/mol. The lowest BCUT2D eigenvalue weighted by molar-refractivity contribution is -0.385. The van der Waals surface area contributed by atoms with Gasteiger partial charge in [0, 0.05) is 6.20 Å². The van der Waals surface area contributed by atoms with Crippen molar-refractivity contribution in [1.82, 2.24) is 19.6 Å². The maximum Gasteiger partial charge on any atom is 0.350 e. The van der Waals surface area contributed by atoms with E-state index in [1.54, 1.807) is 23.0 Å². The minimum atomic E-state index is -0.637. The monoisotopic (exact) mass is 502 g/mol. The quantitative estimate of drug-likeness (QED) is 0.387. The molecule has 0 radical (unpaired) electrons. The molecule has 0 fully saturated rings. The zero-order chi connectivity index (χ0) is 21.1. The summed E-state index contributed by atoms with van der Waals surface area (Å²) < 4.78 is 8.13. The average molecular weight is 504 g/mol. The van der Waals surface area contributed by atoms with Crippen molar-refractivity contribution in [2.45, 2.75) is 13.1 Å². The lowest BCUT2D eigenvalue weighted by atomic mass is 10.2. The van der Waals surface area contributed by atoms with Gasteiger partial charge >= 0.3 is 11.6 Å². The third kappa shape index (κ3) is 5.05. The van der Waals surface area contributed by atoms with Gasteiger partial charge in [-0.3, -0.25) is 24.3 Å². The number of halogens is 3. The van der Waals surface area contributed by atoms with Gasteiger partial charge in [-0.1, -0.05) is 29.3 Å². The Morgan fingerprint density at radius 2 is 2.03 bits per heavy atom. The van der Waals surface area contributed by atoms with Gasteiger partial charge in [0.1, 0.15) is 12.7 Å². The summed E-state index contributed by atoms with van der Waals surface area (Å²) in [4.78, 5) is 22.6. The maximum atomic E-state index is 12.3. The van der Waals surface area contributed by atoms with Crippen molar-refractivity contribution in [3.8, 4) is 5.88 Å². The summed E-state index contributed by atoms with van der Waals surface area (Å²) >= 11 is 15.3. The van der Waals surface area contributed by atoms with Crippen LogP contribution in [0.5, 0.6) is 5.88 Å². The molecule has 0 aliphatic heterocycles. The molecule has 0 atom stereocenters. The standard InChI is InChI=1S/C16H13BrCl2N6O4/c1-29-16-13(25(27)28)7-24(22-16)8-14(26)20-15-10(17)6-23(21-15)5-9-2-3-11(18)12(19)4-9/h2-4,6-7H,5,8H2,1H3,(H,20,21,26). The number of amides is 1. The van der Waals surface area contributed by atoms with Crippen LogP contribution in [0.25, 0.3) is 0 Å². The topological polar surface area (TPSA) is 117 Å². The number of carbonyl (C=O) groups is 1. The molecule has 0 aliphatic rings. The van der Waals surface area contributed by atoms with Crippen LogP contribution in [-0.2, 0) is 17.9 Å². The number of nitro groups is 1. The summed E-state index contributed by atoms with van der Waals surface area (Å²) in [7, 11) is 1.26. The van der Waals surface area contributed by atoms with Crippen LogP contribution in [0.3, 0.4) is 0 Å². The van der Waals surface area contributed by atoms with E-state index in [1.165, 1.54) is 7.11 Å². The number of hydrogen-bond donors (Lipinski definition) is 1. The largest absolute Gasteiger partial charge is 0.475 e. The second-order valence-corrected chi connectivity index (χ2v) is 7.47. The van der Waals surface area contributed by atoms with Gasteiger partial charge in [0.05, 0.1) is 33.1 Å². The smallest absolute Gasteiger partial charge is 0.350 e. The molecule has 3 rings (SSSR count). The van der Waals surface area contributed by atoms with E-state index in [4.69, 9.17) is 27.9 Å². The Morgan fingerprint density at radius 3 is 2.66 bits per heavy atom. The van der Waals surface area contributed by atoms with Gasteiger partial charge < -0.3 is 10.1 Å². The molecule has 152 valence electrons. The highest BCUT2D eigenvalue weighted by Gasteiger charge is 2.21. The number of rotatable bonds is 7. The van der Waals surface area contributed by atoms with Gasteiger partial charge in [-0.15, -0.1) is 5.10 Å². The van der Waals surface area contributed by atoms with Crippen LogP contribution in [0.4, 0.5) is 11.5 Å². The molecule has 2 heterocycles. The normalized spacial score (nSPS) is 10.8. The predicted octanol–water partition coefficient (Wildman–Crippen LogP) is 3.75. The maximum absolute atomic E-state index is 12.3. The minimum absolute atomic E-state index is 0.171. The average Bonchev–Trinajstić information content (AvgIpc) is 3.21. The molecule has 0 spiro atoms. The molecule has 1 aromatic carbocycles. The molecule has 0 bridgehead atoms. The first-order chi connectivity index (χ1) is 13.8. The Balaban J connectivity index is 1.68. The molecule has 10 nitrogen and oxygen atoms in total. The van der Waals surface area contributed by atoms with Gasteiger partial charge in [-0.2, -0.15) is 5.10 Å². The number of carbonyl (C=O) groups excluding carboxylic acids is 1. The molecule has 0 unspecified atom stereocenters. The third-order valence-corrected chi connectivity index (χ3v) is 5.03. The van der Waals surface area contributed by atoms with Gasteiger partial charge in [-0.05, 0) is 33.6 Å². The first-order valence-electron chi connectivity index (χ1n) is 7.99. The summed E-state index contributed by atoms with van der Waals surface area (Å²) in [6.45, 7) is 0.157. The van der Waals surface area contributed by atoms with Crippen molar-refractivity contribution in [3.63, 3.8) is 0 Å². The fourth-order valence-corrected chi connectivity index (χ4v) is 3.19. The van der Waals surface area contributed by atoms with Crippen molar-refractivity contribution >= 4 is 56.5 Å². The fraction of sp³-hybridized carbons (Fsp3) is 0.188. The number of hydrogen-bond acceptors (Lipinski definition) is 6. The number of aromatic nitrogens is 4. The predicted molar refractivity (Wildman–Crippen MR) is 110 cm³/mol. The Hall–Kier alpha value is -2.63. The molecule has 29 heavy (non-hydrogen) atoms. The van der Waals surface area contributed by atoms with Crippen LogP contribution in [-0.4, -0.2) is 37.5 Å². The van der Waals surface area contributed by atoms with E-state index in [1.807, 2.05) is 6.07 Å². The summed E-state index contributed by atoms with van der Waals surface area (Å²) in [5.74, 6) is -0.343. The lowest BCUT2D eigenvalue weighted by Gasteiger charge is -2.04. The minimum Gasteiger partial charge on any atom is -0.475 e. The first kappa shape index (κ1) is 21.1. The van der Waals surface area contributed by atoms with Crippen molar-refractivity contribution < 1.29 is 14.5 Å². The highest BCUT2D eigenvalue weighted by atomic mass is 79.9. The Morgan fingerprint density at radius 1 is 1.28 bits per heavy atom. The summed E-state index contributed by atoms with van der Waals surface area (Å²) in [5.41, 5.74) is 0.551. The summed E-state index contributed by atoms with van der Waals surface area (Å²) in [6.07, 6.45) is 2.82. The molecule has 2 aromatic heterocycles. The third-order valence-electron chi connectivity index (χ3n) is 3.71. The number of nitrogens with one attached hydrogen (secondary N) is 1. The Labute approximate surface area is 182 Å². The summed E-state index contributed by atoms with van der Waals surface area (Å²) in [6, 6.07) is 5.24. The van der Waals surface area contributed by atoms with Gasteiger partial charge in [0.2, 0.25) is 5.91 Å². The highest BCUT2D eigenvalue weighted by molar-refractivity contribution is 9.10. The molecule has 13 heteroatoms. The molecule has 3 aromatic rings. The number of benzene rings is 1. The van der Waals surface area contributed by atoms with Crippen LogP contribution < -0.4 is 10.1 Å². The molecule has 0 saturated carbocycles. The van der Waals surface area contributed by atoms with Crippen LogP contribution in [0.1, 0.15) is 5.56 Å². The van der Waals surface area contributed by atoms with E-state index < -0.39 is 10.8 Å².